The predicted octanol–water partition coefficient (Wildman–Crippen LogP) is 5.21. The third-order valence-electron chi connectivity index (χ3n) is 6.97. The molecule has 0 spiro atoms. The Hall–Kier alpha value is -3.78. The van der Waals surface area contributed by atoms with Crippen molar-refractivity contribution in [2.75, 3.05) is 31.1 Å². The number of carbonyl (C=O) groups is 1. The van der Waals surface area contributed by atoms with Gasteiger partial charge in [0.05, 0.1) is 21.7 Å². The molecule has 8 nitrogen and oxygen atoms in total. The number of piperidine rings is 1. The summed E-state index contributed by atoms with van der Waals surface area (Å²) >= 11 is 0. The summed E-state index contributed by atoms with van der Waals surface area (Å²) < 4.78 is 0. The molecule has 1 fully saturated rings. The smallest absolute Gasteiger partial charge is 0.336 e. The maximum atomic E-state index is 12.3. The first-order valence-corrected chi connectivity index (χ1v) is 12.1. The number of nitrogens with zero attached hydrogens (tertiary/aromatic N) is 4. The van der Waals surface area contributed by atoms with Crippen LogP contribution in [-0.2, 0) is 6.54 Å². The summed E-state index contributed by atoms with van der Waals surface area (Å²) in [6, 6.07) is 12.7. The molecule has 0 radical (unpaired) electrons. The van der Waals surface area contributed by atoms with Crippen molar-refractivity contribution in [1.82, 2.24) is 9.88 Å². The molecule has 0 amide bonds. The summed E-state index contributed by atoms with van der Waals surface area (Å²) in [7, 11) is 0. The topological polar surface area (TPSA) is 99.8 Å². The average Bonchev–Trinajstić information content (AvgIpc) is 2.87. The van der Waals surface area contributed by atoms with E-state index in [1.807, 2.05) is 43.3 Å². The quantitative estimate of drug-likeness (QED) is 0.402. The molecule has 5 rings (SSSR count). The minimum absolute atomic E-state index is 0.0994. The van der Waals surface area contributed by atoms with E-state index in [0.717, 1.165) is 44.5 Å². The van der Waals surface area contributed by atoms with Crippen LogP contribution in [0.1, 0.15) is 53.4 Å². The van der Waals surface area contributed by atoms with Gasteiger partial charge < -0.3 is 10.0 Å². The number of hydrogen-bond donors (Lipinski definition) is 1. The van der Waals surface area contributed by atoms with Crippen LogP contribution in [0.3, 0.4) is 0 Å². The summed E-state index contributed by atoms with van der Waals surface area (Å²) in [6.45, 7) is 5.53. The van der Waals surface area contributed by atoms with E-state index in [0.29, 0.717) is 46.5 Å². The molecule has 0 saturated carbocycles. The van der Waals surface area contributed by atoms with Crippen LogP contribution < -0.4 is 4.90 Å². The number of hydrogen-bond acceptors (Lipinski definition) is 6. The number of nitro benzene ring substituents is 1. The minimum atomic E-state index is -0.973. The molecule has 1 aromatic heterocycles. The van der Waals surface area contributed by atoms with Crippen LogP contribution in [0.15, 0.2) is 42.5 Å². The van der Waals surface area contributed by atoms with Gasteiger partial charge in [0.15, 0.2) is 0 Å². The van der Waals surface area contributed by atoms with Crippen LogP contribution in [0.4, 0.5) is 11.4 Å². The lowest BCUT2D eigenvalue weighted by Gasteiger charge is -2.31. The summed E-state index contributed by atoms with van der Waals surface area (Å²) in [5, 5.41) is 22.6. The number of aromatic nitrogens is 1. The SMILES string of the molecule is CCN1C/C(=C/c2ccc(N3CCCCC3)c([N+](=O)[O-])c2)c2nc3ccccc3c(C(=O)O)c2C1. The molecule has 1 N–H and O–H groups in total. The first-order chi connectivity index (χ1) is 17.0. The summed E-state index contributed by atoms with van der Waals surface area (Å²) in [6.07, 6.45) is 5.15. The van der Waals surface area contributed by atoms with Crippen molar-refractivity contribution in [3.05, 3.63) is 75.0 Å². The number of pyridine rings is 1. The van der Waals surface area contributed by atoms with E-state index in [1.54, 1.807) is 12.1 Å². The fraction of sp³-hybridized carbons (Fsp3) is 0.333. The zero-order valence-electron chi connectivity index (χ0n) is 19.7. The van der Waals surface area contributed by atoms with Gasteiger partial charge in [-0.15, -0.1) is 0 Å². The lowest BCUT2D eigenvalue weighted by Crippen LogP contribution is -2.31. The molecule has 3 aromatic rings. The largest absolute Gasteiger partial charge is 0.478 e. The number of likely N-dealkylation sites (N-methyl/N-ethyl adjacent to an activating group) is 1. The van der Waals surface area contributed by atoms with Crippen molar-refractivity contribution < 1.29 is 14.8 Å². The fourth-order valence-corrected chi connectivity index (χ4v) is 5.23. The zero-order valence-corrected chi connectivity index (χ0v) is 19.7. The van der Waals surface area contributed by atoms with E-state index in [2.05, 4.69) is 9.80 Å². The maximum Gasteiger partial charge on any atom is 0.336 e. The Morgan fingerprint density at radius 2 is 1.91 bits per heavy atom. The summed E-state index contributed by atoms with van der Waals surface area (Å²) in [4.78, 5) is 33.1. The zero-order chi connectivity index (χ0) is 24.5. The highest BCUT2D eigenvalue weighted by Crippen LogP contribution is 2.36. The molecule has 180 valence electrons. The number of fused-ring (bicyclic) bond motifs is 2. The standard InChI is InChI=1S/C27H28N4O4/c1-2-29-16-19(26-21(17-29)25(27(32)33)20-8-4-5-9-22(20)28-26)14-18-10-11-23(24(15-18)31(34)35)30-12-6-3-7-13-30/h4-5,8-11,14-15H,2-3,6-7,12-13,16-17H2,1H3,(H,32,33)/b19-14-. The Morgan fingerprint density at radius 3 is 2.63 bits per heavy atom. The van der Waals surface area contributed by atoms with Gasteiger partial charge in [-0.25, -0.2) is 9.78 Å². The van der Waals surface area contributed by atoms with E-state index in [-0.39, 0.29) is 16.2 Å². The minimum Gasteiger partial charge on any atom is -0.478 e. The fourth-order valence-electron chi connectivity index (χ4n) is 5.23. The van der Waals surface area contributed by atoms with Gasteiger partial charge in [-0.2, -0.15) is 0 Å². The number of benzene rings is 2. The normalized spacial score (nSPS) is 17.5. The van der Waals surface area contributed by atoms with Crippen molar-refractivity contribution >= 4 is 39.9 Å². The molecule has 2 aliphatic rings. The second-order valence-corrected chi connectivity index (χ2v) is 9.16. The number of rotatable bonds is 5. The van der Waals surface area contributed by atoms with Gasteiger partial charge in [-0.3, -0.25) is 15.0 Å². The van der Waals surface area contributed by atoms with Gasteiger partial charge in [0.25, 0.3) is 5.69 Å². The Labute approximate surface area is 203 Å². The van der Waals surface area contributed by atoms with Crippen LogP contribution in [0.2, 0.25) is 0 Å². The van der Waals surface area contributed by atoms with Gasteiger partial charge in [0, 0.05) is 43.2 Å². The van der Waals surface area contributed by atoms with E-state index < -0.39 is 5.97 Å². The van der Waals surface area contributed by atoms with Crippen LogP contribution in [-0.4, -0.2) is 52.1 Å². The number of nitro groups is 1. The molecule has 2 aromatic carbocycles. The van der Waals surface area contributed by atoms with Gasteiger partial charge in [-0.05, 0) is 55.2 Å². The lowest BCUT2D eigenvalue weighted by molar-refractivity contribution is -0.384. The lowest BCUT2D eigenvalue weighted by atomic mass is 9.92. The van der Waals surface area contributed by atoms with Gasteiger partial charge in [0.2, 0.25) is 0 Å². The van der Waals surface area contributed by atoms with Crippen LogP contribution in [0.25, 0.3) is 22.6 Å². The molecule has 3 heterocycles. The highest BCUT2D eigenvalue weighted by molar-refractivity contribution is 6.06. The van der Waals surface area contributed by atoms with Gasteiger partial charge in [0.1, 0.15) is 5.69 Å². The second-order valence-electron chi connectivity index (χ2n) is 9.16. The van der Waals surface area contributed by atoms with Crippen molar-refractivity contribution in [2.45, 2.75) is 32.7 Å². The summed E-state index contributed by atoms with van der Waals surface area (Å²) in [5.74, 6) is -0.973. The monoisotopic (exact) mass is 472 g/mol. The van der Waals surface area contributed by atoms with E-state index in [4.69, 9.17) is 4.98 Å². The third-order valence-corrected chi connectivity index (χ3v) is 6.97. The van der Waals surface area contributed by atoms with E-state index in [9.17, 15) is 20.0 Å². The molecule has 1 saturated heterocycles. The third kappa shape index (κ3) is 4.37. The van der Waals surface area contributed by atoms with Crippen LogP contribution in [0, 0.1) is 10.1 Å². The van der Waals surface area contributed by atoms with Crippen molar-refractivity contribution in [3.63, 3.8) is 0 Å². The van der Waals surface area contributed by atoms with Gasteiger partial charge >= 0.3 is 5.97 Å². The first-order valence-electron chi connectivity index (χ1n) is 12.1. The first kappa shape index (κ1) is 23.0. The van der Waals surface area contributed by atoms with Crippen molar-refractivity contribution in [1.29, 1.82) is 0 Å². The second kappa shape index (κ2) is 9.46. The van der Waals surface area contributed by atoms with Crippen LogP contribution >= 0.6 is 0 Å². The Morgan fingerprint density at radius 1 is 1.14 bits per heavy atom. The molecular formula is C27H28N4O4. The Bertz CT molecular complexity index is 1340. The molecule has 35 heavy (non-hydrogen) atoms. The highest BCUT2D eigenvalue weighted by atomic mass is 16.6. The molecule has 0 atom stereocenters. The van der Waals surface area contributed by atoms with Crippen LogP contribution in [0.5, 0.6) is 0 Å². The number of carboxylic acids is 1. The number of aromatic carboxylic acids is 1. The molecule has 0 aliphatic carbocycles. The number of anilines is 1. The molecular weight excluding hydrogens is 444 g/mol. The average molecular weight is 473 g/mol. The summed E-state index contributed by atoms with van der Waals surface area (Å²) in [5.41, 5.74) is 4.59. The highest BCUT2D eigenvalue weighted by Gasteiger charge is 2.28. The van der Waals surface area contributed by atoms with Gasteiger partial charge in [-0.1, -0.05) is 31.2 Å². The van der Waals surface area contributed by atoms with Crippen molar-refractivity contribution in [2.24, 2.45) is 0 Å². The van der Waals surface area contributed by atoms with Crippen molar-refractivity contribution in [3.8, 4) is 0 Å². The van der Waals surface area contributed by atoms with E-state index in [1.165, 1.54) is 0 Å². The molecule has 2 aliphatic heterocycles. The van der Waals surface area contributed by atoms with E-state index >= 15 is 0 Å². The molecule has 0 unspecified atom stereocenters. The predicted molar refractivity (Wildman–Crippen MR) is 137 cm³/mol. The number of carboxylic acid groups (broad SMARTS) is 1. The molecule has 0 bridgehead atoms. The Balaban J connectivity index is 1.64. The maximum absolute atomic E-state index is 12.3. The molecule has 8 heteroatoms. The Kier molecular flexibility index (Phi) is 6.21. The number of para-hydroxylation sites is 1.